The molecule has 1 aliphatic heterocycles. The van der Waals surface area contributed by atoms with E-state index in [1.165, 1.54) is 16.8 Å². The molecule has 146 valence electrons. The summed E-state index contributed by atoms with van der Waals surface area (Å²) in [5.74, 6) is 1.55. The third-order valence-corrected chi connectivity index (χ3v) is 5.31. The molecule has 0 aliphatic carbocycles. The third-order valence-electron chi connectivity index (χ3n) is 5.31. The second-order valence-electron chi connectivity index (χ2n) is 7.08. The van der Waals surface area contributed by atoms with Gasteiger partial charge in [-0.1, -0.05) is 17.3 Å². The molecule has 0 spiro atoms. The Labute approximate surface area is 163 Å². The van der Waals surface area contributed by atoms with Crippen molar-refractivity contribution in [2.24, 2.45) is 0 Å². The number of hydrogen-bond donors (Lipinski definition) is 0. The van der Waals surface area contributed by atoms with Gasteiger partial charge < -0.3 is 18.7 Å². The molecule has 0 radical (unpaired) electrons. The lowest BCUT2D eigenvalue weighted by molar-refractivity contribution is -0.131. The Kier molecular flexibility index (Phi) is 5.14. The average Bonchev–Trinajstić information content (AvgIpc) is 3.40. The molecule has 1 aromatic carbocycles. The van der Waals surface area contributed by atoms with Crippen molar-refractivity contribution in [3.05, 3.63) is 53.6 Å². The first-order valence-electron chi connectivity index (χ1n) is 9.57. The van der Waals surface area contributed by atoms with E-state index in [9.17, 15) is 4.79 Å². The highest BCUT2D eigenvalue weighted by Gasteiger charge is 2.23. The van der Waals surface area contributed by atoms with Crippen molar-refractivity contribution in [3.63, 3.8) is 0 Å². The highest BCUT2D eigenvalue weighted by molar-refractivity contribution is 5.76. The van der Waals surface area contributed by atoms with Crippen LogP contribution < -0.4 is 4.90 Å². The van der Waals surface area contributed by atoms with Crippen molar-refractivity contribution in [2.45, 2.75) is 26.7 Å². The lowest BCUT2D eigenvalue weighted by Gasteiger charge is -2.37. The normalized spacial score (nSPS) is 14.5. The van der Waals surface area contributed by atoms with Crippen molar-refractivity contribution >= 4 is 11.6 Å². The molecule has 1 saturated heterocycles. The van der Waals surface area contributed by atoms with E-state index in [2.05, 4.69) is 47.1 Å². The van der Waals surface area contributed by atoms with E-state index in [0.29, 0.717) is 30.3 Å². The van der Waals surface area contributed by atoms with Crippen molar-refractivity contribution in [2.75, 3.05) is 31.1 Å². The van der Waals surface area contributed by atoms with Gasteiger partial charge in [0.25, 0.3) is 0 Å². The van der Waals surface area contributed by atoms with E-state index in [1.54, 1.807) is 18.4 Å². The van der Waals surface area contributed by atoms with Crippen LogP contribution in [0.15, 0.2) is 45.5 Å². The molecule has 7 nitrogen and oxygen atoms in total. The van der Waals surface area contributed by atoms with Crippen molar-refractivity contribution < 1.29 is 13.7 Å². The molecular weight excluding hydrogens is 356 g/mol. The number of carbonyl (C=O) groups is 1. The Morgan fingerprint density at radius 3 is 2.68 bits per heavy atom. The molecule has 1 fully saturated rings. The summed E-state index contributed by atoms with van der Waals surface area (Å²) in [6.07, 6.45) is 2.36. The predicted molar refractivity (Wildman–Crippen MR) is 105 cm³/mol. The molecule has 1 amide bonds. The van der Waals surface area contributed by atoms with E-state index >= 15 is 0 Å². The minimum absolute atomic E-state index is 0.123. The molecule has 3 heterocycles. The first kappa shape index (κ1) is 18.3. The molecular formula is C21H24N4O3. The average molecular weight is 380 g/mol. The second kappa shape index (κ2) is 7.88. The quantitative estimate of drug-likeness (QED) is 0.676. The number of hydrogen-bond acceptors (Lipinski definition) is 6. The zero-order valence-electron chi connectivity index (χ0n) is 16.2. The largest absolute Gasteiger partial charge is 0.461 e. The number of carbonyl (C=O) groups excluding carboxylic acids is 1. The molecule has 0 unspecified atom stereocenters. The zero-order chi connectivity index (χ0) is 19.5. The van der Waals surface area contributed by atoms with E-state index in [-0.39, 0.29) is 5.91 Å². The van der Waals surface area contributed by atoms with Crippen LogP contribution in [-0.4, -0.2) is 47.1 Å². The second-order valence-corrected chi connectivity index (χ2v) is 7.08. The Hall–Kier alpha value is -3.09. The summed E-state index contributed by atoms with van der Waals surface area (Å²) in [5.41, 5.74) is 3.87. The van der Waals surface area contributed by atoms with Gasteiger partial charge in [0, 0.05) is 44.7 Å². The number of aryl methyl sites for hydroxylation is 2. The van der Waals surface area contributed by atoms with Crippen LogP contribution in [0, 0.1) is 13.8 Å². The summed E-state index contributed by atoms with van der Waals surface area (Å²) in [6, 6.07) is 9.93. The summed E-state index contributed by atoms with van der Waals surface area (Å²) >= 11 is 0. The van der Waals surface area contributed by atoms with E-state index in [0.717, 1.165) is 26.2 Å². The Bertz CT molecular complexity index is 940. The number of aromatic nitrogens is 2. The third kappa shape index (κ3) is 3.78. The number of amides is 1. The van der Waals surface area contributed by atoms with Gasteiger partial charge in [0.1, 0.15) is 0 Å². The van der Waals surface area contributed by atoms with Gasteiger partial charge in [-0.25, -0.2) is 0 Å². The van der Waals surface area contributed by atoms with Gasteiger partial charge in [0.2, 0.25) is 17.6 Å². The molecule has 0 atom stereocenters. The topological polar surface area (TPSA) is 75.6 Å². The number of benzene rings is 1. The minimum atomic E-state index is 0.123. The van der Waals surface area contributed by atoms with Crippen LogP contribution in [-0.2, 0) is 11.2 Å². The zero-order valence-corrected chi connectivity index (χ0v) is 16.2. The fourth-order valence-electron chi connectivity index (χ4n) is 3.51. The molecule has 0 N–H and O–H groups in total. The first-order valence-corrected chi connectivity index (χ1v) is 9.57. The maximum atomic E-state index is 12.6. The highest BCUT2D eigenvalue weighted by Crippen LogP contribution is 2.24. The number of rotatable bonds is 5. The van der Waals surface area contributed by atoms with E-state index in [1.807, 2.05) is 4.90 Å². The lowest BCUT2D eigenvalue weighted by atomic mass is 10.1. The van der Waals surface area contributed by atoms with Crippen LogP contribution in [0.3, 0.4) is 0 Å². The predicted octanol–water partition coefficient (Wildman–Crippen LogP) is 3.23. The van der Waals surface area contributed by atoms with E-state index in [4.69, 9.17) is 8.94 Å². The molecule has 2 aromatic heterocycles. The highest BCUT2D eigenvalue weighted by atomic mass is 16.5. The molecule has 0 saturated carbocycles. The number of furan rings is 1. The molecule has 28 heavy (non-hydrogen) atoms. The van der Waals surface area contributed by atoms with Gasteiger partial charge >= 0.3 is 0 Å². The Morgan fingerprint density at radius 2 is 1.93 bits per heavy atom. The smallest absolute Gasteiger partial charge is 0.238 e. The van der Waals surface area contributed by atoms with Crippen molar-refractivity contribution in [3.8, 4) is 11.6 Å². The van der Waals surface area contributed by atoms with Gasteiger partial charge in [-0.15, -0.1) is 0 Å². The Morgan fingerprint density at radius 1 is 1.11 bits per heavy atom. The maximum absolute atomic E-state index is 12.6. The molecule has 0 bridgehead atoms. The summed E-state index contributed by atoms with van der Waals surface area (Å²) in [6.45, 7) is 7.44. The number of anilines is 1. The number of nitrogens with zero attached hydrogens (tertiary/aromatic N) is 4. The molecule has 3 aromatic rings. The van der Waals surface area contributed by atoms with Gasteiger partial charge in [0.15, 0.2) is 5.76 Å². The van der Waals surface area contributed by atoms with E-state index < -0.39 is 0 Å². The molecule has 4 rings (SSSR count). The lowest BCUT2D eigenvalue weighted by Crippen LogP contribution is -2.49. The van der Waals surface area contributed by atoms with Crippen LogP contribution in [0.4, 0.5) is 5.69 Å². The van der Waals surface area contributed by atoms with Crippen LogP contribution >= 0.6 is 0 Å². The summed E-state index contributed by atoms with van der Waals surface area (Å²) < 4.78 is 10.5. The molecule has 7 heteroatoms. The SMILES string of the molecule is Cc1cccc(N2CCN(C(=O)CCc3nc(-c4ccco4)no3)CC2)c1C. The monoisotopic (exact) mass is 380 g/mol. The fourth-order valence-corrected chi connectivity index (χ4v) is 3.51. The van der Waals surface area contributed by atoms with Crippen LogP contribution in [0.1, 0.15) is 23.4 Å². The van der Waals surface area contributed by atoms with Crippen LogP contribution in [0.5, 0.6) is 0 Å². The Balaban J connectivity index is 1.29. The molecule has 1 aliphatic rings. The maximum Gasteiger partial charge on any atom is 0.238 e. The van der Waals surface area contributed by atoms with Crippen LogP contribution in [0.25, 0.3) is 11.6 Å². The fraction of sp³-hybridized carbons (Fsp3) is 0.381. The van der Waals surface area contributed by atoms with Gasteiger partial charge in [-0.05, 0) is 43.2 Å². The van der Waals surface area contributed by atoms with Gasteiger partial charge in [-0.2, -0.15) is 4.98 Å². The number of piperazine rings is 1. The summed E-state index contributed by atoms with van der Waals surface area (Å²) in [7, 11) is 0. The van der Waals surface area contributed by atoms with Gasteiger partial charge in [-0.3, -0.25) is 4.79 Å². The summed E-state index contributed by atoms with van der Waals surface area (Å²) in [5, 5.41) is 3.90. The minimum Gasteiger partial charge on any atom is -0.461 e. The van der Waals surface area contributed by atoms with Crippen molar-refractivity contribution in [1.82, 2.24) is 15.0 Å². The summed E-state index contributed by atoms with van der Waals surface area (Å²) in [4.78, 5) is 21.1. The van der Waals surface area contributed by atoms with Gasteiger partial charge in [0.05, 0.1) is 6.26 Å². The standard InChI is InChI=1S/C21H24N4O3/c1-15-5-3-6-17(16(15)2)24-10-12-25(13-11-24)20(26)9-8-19-22-21(23-28-19)18-7-4-14-27-18/h3-7,14H,8-13H2,1-2H3. The van der Waals surface area contributed by atoms with Crippen LogP contribution in [0.2, 0.25) is 0 Å². The first-order chi connectivity index (χ1) is 13.6. The van der Waals surface area contributed by atoms with Crippen molar-refractivity contribution in [1.29, 1.82) is 0 Å².